The van der Waals surface area contributed by atoms with Crippen molar-refractivity contribution in [3.8, 4) is 0 Å². The molecule has 4 heterocycles. The molecule has 194 valence electrons. The highest BCUT2D eigenvalue weighted by atomic mass is 32.2. The van der Waals surface area contributed by atoms with E-state index < -0.39 is 0 Å². The molecule has 6 fully saturated rings. The maximum atomic E-state index is 5.80. The minimum atomic E-state index is 0.359. The lowest BCUT2D eigenvalue weighted by molar-refractivity contribution is 0.0321. The first-order valence-electron chi connectivity index (χ1n) is 14.0. The molecule has 4 aliphatic heterocycles. The van der Waals surface area contributed by atoms with E-state index in [2.05, 4.69) is 60.3 Å². The lowest BCUT2D eigenvalue weighted by Crippen LogP contribution is -2.71. The number of hydrogen-bond acceptors (Lipinski definition) is 10. The van der Waals surface area contributed by atoms with E-state index in [-0.39, 0.29) is 0 Å². The van der Waals surface area contributed by atoms with Crippen molar-refractivity contribution in [3.05, 3.63) is 0 Å². The first-order valence-corrected chi connectivity index (χ1v) is 15.0. The fraction of sp³-hybridized carbons (Fsp3) is 1.00. The van der Waals surface area contributed by atoms with Gasteiger partial charge in [-0.3, -0.25) is 31.6 Å². The number of thioether (sulfide) groups is 1. The fourth-order valence-corrected chi connectivity index (χ4v) is 8.45. The van der Waals surface area contributed by atoms with Gasteiger partial charge in [0.05, 0.1) is 18.5 Å². The molecule has 2 saturated carbocycles. The summed E-state index contributed by atoms with van der Waals surface area (Å²) in [4.78, 5) is 5.04. The van der Waals surface area contributed by atoms with Crippen molar-refractivity contribution in [2.24, 2.45) is 23.5 Å². The topological polar surface area (TPSA) is 95.9 Å². The van der Waals surface area contributed by atoms with Crippen LogP contribution in [0.25, 0.3) is 0 Å². The average Bonchev–Trinajstić information content (AvgIpc) is 3.24. The Hall–Kier alpha value is -0.0100. The van der Waals surface area contributed by atoms with Crippen molar-refractivity contribution in [2.45, 2.75) is 74.6 Å². The standard InChI is InChI=1S/C24H47N9S/c1-31(8-7-25)14-16-3-2-4-17(11-16)21-29-22(20-13-27-33(19-5-6-19)23(20)30-21)26-12-18-15-32-9-10-34-24(32)28-18/h16-24,26-30H,2-15,25H2,1H3. The van der Waals surface area contributed by atoms with Crippen LogP contribution in [-0.2, 0) is 0 Å². The second-order valence-corrected chi connectivity index (χ2v) is 12.9. The Morgan fingerprint density at radius 3 is 2.88 bits per heavy atom. The van der Waals surface area contributed by atoms with Gasteiger partial charge in [-0.1, -0.05) is 6.42 Å². The molecule has 4 saturated heterocycles. The highest BCUT2D eigenvalue weighted by Crippen LogP contribution is 2.37. The van der Waals surface area contributed by atoms with Gasteiger partial charge in [-0.2, -0.15) is 0 Å². The van der Waals surface area contributed by atoms with E-state index in [9.17, 15) is 0 Å². The smallest absolute Gasteiger partial charge is 0.108 e. The van der Waals surface area contributed by atoms with Crippen LogP contribution in [0.5, 0.6) is 0 Å². The maximum absolute atomic E-state index is 5.80. The van der Waals surface area contributed by atoms with Gasteiger partial charge < -0.3 is 10.6 Å². The van der Waals surface area contributed by atoms with Gasteiger partial charge in [0.1, 0.15) is 5.50 Å². The highest BCUT2D eigenvalue weighted by molar-refractivity contribution is 8.00. The molecule has 0 bridgehead atoms. The van der Waals surface area contributed by atoms with Crippen molar-refractivity contribution < 1.29 is 0 Å². The molecule has 10 heteroatoms. The van der Waals surface area contributed by atoms with Crippen LogP contribution in [0, 0.1) is 17.8 Å². The summed E-state index contributed by atoms with van der Waals surface area (Å²) in [6.07, 6.45) is 9.23. The molecule has 8 atom stereocenters. The minimum Gasteiger partial charge on any atom is -0.329 e. The molecule has 7 N–H and O–H groups in total. The third kappa shape index (κ3) is 5.32. The Morgan fingerprint density at radius 2 is 2.06 bits per heavy atom. The van der Waals surface area contributed by atoms with Crippen molar-refractivity contribution in [1.29, 1.82) is 0 Å². The summed E-state index contributed by atoms with van der Waals surface area (Å²) >= 11 is 2.06. The molecule has 9 nitrogen and oxygen atoms in total. The Labute approximate surface area is 210 Å². The molecule has 34 heavy (non-hydrogen) atoms. The molecule has 0 aromatic heterocycles. The van der Waals surface area contributed by atoms with Crippen LogP contribution in [0.2, 0.25) is 0 Å². The summed E-state index contributed by atoms with van der Waals surface area (Å²) in [7, 11) is 2.23. The number of rotatable bonds is 9. The molecular weight excluding hydrogens is 446 g/mol. The van der Waals surface area contributed by atoms with Gasteiger partial charge in [0.2, 0.25) is 0 Å². The normalized spacial score (nSPS) is 43.5. The van der Waals surface area contributed by atoms with Gasteiger partial charge in [-0.05, 0) is 51.0 Å². The van der Waals surface area contributed by atoms with Gasteiger partial charge in [-0.25, -0.2) is 5.01 Å². The Kier molecular flexibility index (Phi) is 7.71. The molecule has 2 aliphatic carbocycles. The molecule has 0 radical (unpaired) electrons. The van der Waals surface area contributed by atoms with Crippen molar-refractivity contribution in [3.63, 3.8) is 0 Å². The van der Waals surface area contributed by atoms with Crippen LogP contribution in [-0.4, -0.2) is 110 Å². The zero-order valence-corrected chi connectivity index (χ0v) is 21.7. The number of hydrazine groups is 1. The van der Waals surface area contributed by atoms with Crippen molar-refractivity contribution in [1.82, 2.24) is 41.5 Å². The summed E-state index contributed by atoms with van der Waals surface area (Å²) in [6, 6.07) is 1.28. The van der Waals surface area contributed by atoms with Crippen LogP contribution in [0.1, 0.15) is 38.5 Å². The second kappa shape index (κ2) is 10.8. The summed E-state index contributed by atoms with van der Waals surface area (Å²) in [6.45, 7) is 7.47. The first-order chi connectivity index (χ1) is 16.7. The molecule has 0 aromatic carbocycles. The average molecular weight is 494 g/mol. The number of nitrogens with two attached hydrogens (primary N) is 1. The van der Waals surface area contributed by atoms with Crippen molar-refractivity contribution in [2.75, 3.05) is 58.6 Å². The molecule has 6 aliphatic rings. The Bertz CT molecular complexity index is 669. The van der Waals surface area contributed by atoms with Gasteiger partial charge in [0, 0.05) is 69.6 Å². The monoisotopic (exact) mass is 493 g/mol. The highest BCUT2D eigenvalue weighted by Gasteiger charge is 2.50. The summed E-state index contributed by atoms with van der Waals surface area (Å²) < 4.78 is 0. The zero-order chi connectivity index (χ0) is 23.1. The van der Waals surface area contributed by atoms with E-state index in [1.54, 1.807) is 0 Å². The van der Waals surface area contributed by atoms with Crippen molar-refractivity contribution >= 4 is 11.8 Å². The molecular formula is C24H47N9S. The van der Waals surface area contributed by atoms with E-state index in [1.807, 2.05) is 0 Å². The molecule has 6 rings (SSSR count). The van der Waals surface area contributed by atoms with Crippen LogP contribution < -0.4 is 32.4 Å². The lowest BCUT2D eigenvalue weighted by atomic mass is 9.78. The van der Waals surface area contributed by atoms with E-state index in [1.165, 1.54) is 63.9 Å². The van der Waals surface area contributed by atoms with E-state index >= 15 is 0 Å². The summed E-state index contributed by atoms with van der Waals surface area (Å²) in [5, 5.41) is 18.6. The predicted octanol–water partition coefficient (Wildman–Crippen LogP) is -0.653. The van der Waals surface area contributed by atoms with Gasteiger partial charge in [-0.15, -0.1) is 11.8 Å². The van der Waals surface area contributed by atoms with Crippen LogP contribution in [0.15, 0.2) is 0 Å². The van der Waals surface area contributed by atoms with E-state index in [4.69, 9.17) is 5.73 Å². The summed E-state index contributed by atoms with van der Waals surface area (Å²) in [5.74, 6) is 3.32. The zero-order valence-electron chi connectivity index (χ0n) is 20.9. The third-order valence-corrected chi connectivity index (χ3v) is 10.2. The quantitative estimate of drug-likeness (QED) is 0.249. The van der Waals surface area contributed by atoms with Crippen LogP contribution in [0.4, 0.5) is 0 Å². The van der Waals surface area contributed by atoms with Crippen LogP contribution >= 0.6 is 11.8 Å². The fourth-order valence-electron chi connectivity index (χ4n) is 7.20. The van der Waals surface area contributed by atoms with E-state index in [0.717, 1.165) is 38.1 Å². The number of nitrogens with one attached hydrogen (secondary N) is 5. The Morgan fingerprint density at radius 1 is 1.15 bits per heavy atom. The first kappa shape index (κ1) is 24.3. The lowest BCUT2D eigenvalue weighted by Gasteiger charge is -2.47. The van der Waals surface area contributed by atoms with Gasteiger partial charge >= 0.3 is 0 Å². The number of hydrogen-bond donors (Lipinski definition) is 6. The van der Waals surface area contributed by atoms with Gasteiger partial charge in [0.15, 0.2) is 0 Å². The second-order valence-electron chi connectivity index (χ2n) is 11.7. The van der Waals surface area contributed by atoms with E-state index in [0.29, 0.717) is 41.9 Å². The van der Waals surface area contributed by atoms with Gasteiger partial charge in [0.25, 0.3) is 0 Å². The SMILES string of the molecule is CN(CCN)CC1CCCC(C2NC(NCC3CN4CCSC4N3)C3CNN(C4CC4)C3N2)C1. The largest absolute Gasteiger partial charge is 0.329 e. The number of fused-ring (bicyclic) bond motifs is 2. The molecule has 0 aromatic rings. The number of likely N-dealkylation sites (N-methyl/N-ethyl adjacent to an activating group) is 1. The Balaban J connectivity index is 1.09. The maximum Gasteiger partial charge on any atom is 0.108 e. The third-order valence-electron chi connectivity index (χ3n) is 9.07. The molecule has 0 spiro atoms. The minimum absolute atomic E-state index is 0.359. The molecule has 0 amide bonds. The summed E-state index contributed by atoms with van der Waals surface area (Å²) in [5.41, 5.74) is 10.1. The number of nitrogens with zero attached hydrogens (tertiary/aromatic N) is 3. The predicted molar refractivity (Wildman–Crippen MR) is 139 cm³/mol. The molecule has 8 unspecified atom stereocenters. The van der Waals surface area contributed by atoms with Crippen LogP contribution in [0.3, 0.4) is 0 Å².